The summed E-state index contributed by atoms with van der Waals surface area (Å²) in [7, 11) is 5.23. The number of nitrogens with one attached hydrogen (secondary N) is 1. The largest absolute Gasteiger partial charge is 0.385 e. The van der Waals surface area contributed by atoms with Crippen molar-refractivity contribution in [3.8, 4) is 0 Å². The number of likely N-dealkylation sites (N-methyl/N-ethyl adjacent to an activating group) is 1. The van der Waals surface area contributed by atoms with Gasteiger partial charge in [0.15, 0.2) is 5.96 Å². The lowest BCUT2D eigenvalue weighted by Gasteiger charge is -2.34. The molecule has 1 amide bonds. The molecule has 1 aliphatic heterocycles. The molecule has 1 aromatic heterocycles. The molecule has 2 rings (SSSR count). The van der Waals surface area contributed by atoms with E-state index in [0.29, 0.717) is 6.10 Å². The Bertz CT molecular complexity index is 591. The molecule has 9 heteroatoms. The van der Waals surface area contributed by atoms with Gasteiger partial charge in [-0.25, -0.2) is 4.99 Å². The molecule has 166 valence electrons. The predicted octanol–water partition coefficient (Wildman–Crippen LogP) is 2.46. The van der Waals surface area contributed by atoms with Gasteiger partial charge in [-0.1, -0.05) is 6.07 Å². The minimum atomic E-state index is 0. The molecule has 7 nitrogen and oxygen atoms in total. The van der Waals surface area contributed by atoms with Gasteiger partial charge in [-0.2, -0.15) is 0 Å². The van der Waals surface area contributed by atoms with Crippen molar-refractivity contribution < 1.29 is 14.3 Å². The van der Waals surface area contributed by atoms with Crippen LogP contribution >= 0.6 is 35.3 Å². The van der Waals surface area contributed by atoms with E-state index in [9.17, 15) is 4.79 Å². The number of piperidine rings is 1. The lowest BCUT2D eigenvalue weighted by atomic mass is 10.1. The van der Waals surface area contributed by atoms with Crippen molar-refractivity contribution in [1.82, 2.24) is 15.1 Å². The molecule has 0 saturated carbocycles. The zero-order chi connectivity index (χ0) is 20.2. The molecule has 1 aliphatic rings. The minimum Gasteiger partial charge on any atom is -0.385 e. The maximum Gasteiger partial charge on any atom is 0.243 e. The Morgan fingerprint density at radius 2 is 2.10 bits per heavy atom. The van der Waals surface area contributed by atoms with Crippen molar-refractivity contribution >= 4 is 47.2 Å². The summed E-state index contributed by atoms with van der Waals surface area (Å²) in [5.74, 6) is 0.832. The van der Waals surface area contributed by atoms with Crippen molar-refractivity contribution in [2.75, 3.05) is 60.6 Å². The summed E-state index contributed by atoms with van der Waals surface area (Å²) in [5, 5.41) is 5.55. The number of ether oxygens (including phenoxy) is 2. The molecule has 1 aromatic rings. The molecule has 1 N–H and O–H groups in total. The van der Waals surface area contributed by atoms with Gasteiger partial charge in [-0.15, -0.1) is 35.3 Å². The van der Waals surface area contributed by atoms with Crippen LogP contribution in [0.3, 0.4) is 0 Å². The topological polar surface area (TPSA) is 66.4 Å². The van der Waals surface area contributed by atoms with Crippen LogP contribution in [0.1, 0.15) is 24.1 Å². The number of hydrogen-bond donors (Lipinski definition) is 1. The molecule has 2 heterocycles. The van der Waals surface area contributed by atoms with Gasteiger partial charge in [0.05, 0.1) is 6.10 Å². The number of carbonyl (C=O) groups excluding carboxylic acids is 1. The Kier molecular flexibility index (Phi) is 13.5. The molecule has 0 aromatic carbocycles. The summed E-state index contributed by atoms with van der Waals surface area (Å²) in [6.45, 7) is 4.23. The summed E-state index contributed by atoms with van der Waals surface area (Å²) in [6.07, 6.45) is 4.13. The van der Waals surface area contributed by atoms with Crippen molar-refractivity contribution in [2.24, 2.45) is 4.99 Å². The van der Waals surface area contributed by atoms with Crippen LogP contribution in [-0.4, -0.2) is 88.4 Å². The number of amides is 1. The summed E-state index contributed by atoms with van der Waals surface area (Å²) in [4.78, 5) is 21.7. The standard InChI is InChI=1S/C20H34N4O3S.HI/c1-23(2)19(25)16-22-20(21-10-7-18-6-4-15-28-18)24-11-8-17(9-12-24)27-14-5-13-26-3;/h4,6,15,17H,5,7-14,16H2,1-3H3,(H,21,22);1H. The second-order valence-corrected chi connectivity index (χ2v) is 8.12. The van der Waals surface area contributed by atoms with Crippen molar-refractivity contribution in [2.45, 2.75) is 31.8 Å². The van der Waals surface area contributed by atoms with E-state index in [1.807, 2.05) is 0 Å². The number of carbonyl (C=O) groups is 1. The molecule has 1 saturated heterocycles. The fourth-order valence-electron chi connectivity index (χ4n) is 2.99. The maximum absolute atomic E-state index is 12.0. The Labute approximate surface area is 195 Å². The average Bonchev–Trinajstić information content (AvgIpc) is 3.21. The van der Waals surface area contributed by atoms with E-state index in [1.54, 1.807) is 37.4 Å². The molecule has 0 bridgehead atoms. The van der Waals surface area contributed by atoms with Crippen LogP contribution in [0.25, 0.3) is 0 Å². The monoisotopic (exact) mass is 538 g/mol. The van der Waals surface area contributed by atoms with Gasteiger partial charge in [0.25, 0.3) is 0 Å². The Morgan fingerprint density at radius 1 is 1.34 bits per heavy atom. The van der Waals surface area contributed by atoms with Crippen LogP contribution in [0.2, 0.25) is 0 Å². The Morgan fingerprint density at radius 3 is 2.72 bits per heavy atom. The number of guanidine groups is 1. The number of hydrogen-bond acceptors (Lipinski definition) is 5. The highest BCUT2D eigenvalue weighted by atomic mass is 127. The Hall–Kier alpha value is -0.910. The zero-order valence-corrected chi connectivity index (χ0v) is 20.9. The van der Waals surface area contributed by atoms with Gasteiger partial charge in [-0.05, 0) is 37.1 Å². The lowest BCUT2D eigenvalue weighted by Crippen LogP contribution is -2.48. The first-order valence-electron chi connectivity index (χ1n) is 9.96. The first kappa shape index (κ1) is 26.1. The molecule has 0 unspecified atom stereocenters. The first-order chi connectivity index (χ1) is 13.6. The van der Waals surface area contributed by atoms with Gasteiger partial charge >= 0.3 is 0 Å². The zero-order valence-electron chi connectivity index (χ0n) is 17.8. The van der Waals surface area contributed by atoms with Crippen LogP contribution in [-0.2, 0) is 20.7 Å². The molecule has 0 spiro atoms. The van der Waals surface area contributed by atoms with Gasteiger partial charge < -0.3 is 24.6 Å². The van der Waals surface area contributed by atoms with E-state index in [2.05, 4.69) is 32.7 Å². The quantitative estimate of drug-likeness (QED) is 0.215. The van der Waals surface area contributed by atoms with Crippen LogP contribution in [0.15, 0.2) is 22.5 Å². The fourth-order valence-corrected chi connectivity index (χ4v) is 3.70. The number of rotatable bonds is 10. The summed E-state index contributed by atoms with van der Waals surface area (Å²) in [5.41, 5.74) is 0. The number of thiophene rings is 1. The number of likely N-dealkylation sites (tertiary alicyclic amines) is 1. The minimum absolute atomic E-state index is 0. The molecular weight excluding hydrogens is 503 g/mol. The van der Waals surface area contributed by atoms with E-state index in [-0.39, 0.29) is 36.4 Å². The molecule has 29 heavy (non-hydrogen) atoms. The highest BCUT2D eigenvalue weighted by Gasteiger charge is 2.22. The second-order valence-electron chi connectivity index (χ2n) is 7.09. The average molecular weight is 538 g/mol. The van der Waals surface area contributed by atoms with E-state index < -0.39 is 0 Å². The first-order valence-corrected chi connectivity index (χ1v) is 10.8. The summed E-state index contributed by atoms with van der Waals surface area (Å²) >= 11 is 1.76. The summed E-state index contributed by atoms with van der Waals surface area (Å²) in [6, 6.07) is 4.22. The van der Waals surface area contributed by atoms with E-state index in [1.165, 1.54) is 4.88 Å². The van der Waals surface area contributed by atoms with Crippen LogP contribution in [0, 0.1) is 0 Å². The number of nitrogens with zero attached hydrogens (tertiary/aromatic N) is 3. The van der Waals surface area contributed by atoms with Crippen molar-refractivity contribution in [3.63, 3.8) is 0 Å². The van der Waals surface area contributed by atoms with Gasteiger partial charge in [-0.3, -0.25) is 4.79 Å². The van der Waals surface area contributed by atoms with E-state index >= 15 is 0 Å². The number of halogens is 1. The van der Waals surface area contributed by atoms with Crippen LogP contribution in [0.5, 0.6) is 0 Å². The fraction of sp³-hybridized carbons (Fsp3) is 0.700. The maximum atomic E-state index is 12.0. The molecule has 0 radical (unpaired) electrons. The van der Waals surface area contributed by atoms with Gasteiger partial charge in [0, 0.05) is 58.9 Å². The predicted molar refractivity (Wildman–Crippen MR) is 129 cm³/mol. The molecule has 1 fully saturated rings. The molecule has 0 atom stereocenters. The Balaban J connectivity index is 0.00000420. The lowest BCUT2D eigenvalue weighted by molar-refractivity contribution is -0.127. The third-order valence-corrected chi connectivity index (χ3v) is 5.62. The second kappa shape index (κ2) is 15.0. The van der Waals surface area contributed by atoms with Crippen LogP contribution in [0.4, 0.5) is 0 Å². The number of methoxy groups -OCH3 is 1. The van der Waals surface area contributed by atoms with Crippen molar-refractivity contribution in [1.29, 1.82) is 0 Å². The molecular formula is C20H35IN4O3S. The smallest absolute Gasteiger partial charge is 0.243 e. The normalized spacial score (nSPS) is 15.1. The highest BCUT2D eigenvalue weighted by Crippen LogP contribution is 2.14. The third-order valence-electron chi connectivity index (χ3n) is 4.69. The summed E-state index contributed by atoms with van der Waals surface area (Å²) < 4.78 is 11.0. The van der Waals surface area contributed by atoms with E-state index in [0.717, 1.165) is 64.5 Å². The van der Waals surface area contributed by atoms with Crippen LogP contribution < -0.4 is 5.32 Å². The third kappa shape index (κ3) is 10.1. The van der Waals surface area contributed by atoms with Gasteiger partial charge in [0.1, 0.15) is 6.54 Å². The van der Waals surface area contributed by atoms with Gasteiger partial charge in [0.2, 0.25) is 5.91 Å². The van der Waals surface area contributed by atoms with E-state index in [4.69, 9.17) is 9.47 Å². The highest BCUT2D eigenvalue weighted by molar-refractivity contribution is 14.0. The van der Waals surface area contributed by atoms with Crippen molar-refractivity contribution in [3.05, 3.63) is 22.4 Å². The number of aliphatic imine (C=N–C) groups is 1. The molecule has 0 aliphatic carbocycles. The SMILES string of the molecule is COCCCOC1CCN(C(=NCC(=O)N(C)C)NCCc2cccs2)CC1.I.